The molecular weight excluding hydrogens is 98.1 g/mol. The van der Waals surface area contributed by atoms with E-state index in [1.54, 1.807) is 6.08 Å². The van der Waals surface area contributed by atoms with Crippen LogP contribution in [0.15, 0.2) is 29.4 Å². The van der Waals surface area contributed by atoms with Crippen LogP contribution in [0.1, 0.15) is 6.92 Å². The molecule has 0 saturated carbocycles. The van der Waals surface area contributed by atoms with Crippen LogP contribution in [0.3, 0.4) is 0 Å². The van der Waals surface area contributed by atoms with E-state index in [1.165, 1.54) is 0 Å². The van der Waals surface area contributed by atoms with E-state index in [-0.39, 0.29) is 0 Å². The van der Waals surface area contributed by atoms with Crippen LogP contribution < -0.4 is 0 Å². The molecule has 0 amide bonds. The fourth-order valence-electron chi connectivity index (χ4n) is 0.680. The summed E-state index contributed by atoms with van der Waals surface area (Å²) in [7, 11) is 0. The Kier molecular flexibility index (Phi) is 1.29. The highest BCUT2D eigenvalue weighted by Gasteiger charge is 2.00. The fraction of sp³-hybridized carbons (Fsp3) is 0.286. The largest absolute Gasteiger partial charge is 0.261 e. The highest BCUT2D eigenvalue weighted by Crippen LogP contribution is 2.10. The Balaban J connectivity index is 2.72. The van der Waals surface area contributed by atoms with Gasteiger partial charge < -0.3 is 0 Å². The third-order valence-corrected chi connectivity index (χ3v) is 1.10. The SMILES string of the molecule is C=CC1=CC(C)C=N1. The summed E-state index contributed by atoms with van der Waals surface area (Å²) in [5.41, 5.74) is 0.998. The zero-order valence-corrected chi connectivity index (χ0v) is 4.96. The number of nitrogens with zero attached hydrogens (tertiary/aromatic N) is 1. The van der Waals surface area contributed by atoms with Crippen LogP contribution in [-0.2, 0) is 0 Å². The van der Waals surface area contributed by atoms with E-state index in [1.807, 2.05) is 6.21 Å². The zero-order chi connectivity index (χ0) is 5.98. The lowest BCUT2D eigenvalue weighted by atomic mass is 10.2. The summed E-state index contributed by atoms with van der Waals surface area (Å²) in [5, 5.41) is 0. The first-order chi connectivity index (χ1) is 3.83. The summed E-state index contributed by atoms with van der Waals surface area (Å²) < 4.78 is 0. The second-order valence-corrected chi connectivity index (χ2v) is 1.93. The van der Waals surface area contributed by atoms with Crippen LogP contribution in [0.4, 0.5) is 0 Å². The maximum Gasteiger partial charge on any atom is 0.0586 e. The monoisotopic (exact) mass is 107 g/mol. The van der Waals surface area contributed by atoms with E-state index in [0.717, 1.165) is 5.70 Å². The Bertz CT molecular complexity index is 154. The van der Waals surface area contributed by atoms with Gasteiger partial charge in [-0.1, -0.05) is 19.6 Å². The molecule has 1 heterocycles. The first kappa shape index (κ1) is 5.29. The fourth-order valence-corrected chi connectivity index (χ4v) is 0.680. The van der Waals surface area contributed by atoms with Crippen LogP contribution in [0, 0.1) is 5.92 Å². The van der Waals surface area contributed by atoms with Gasteiger partial charge >= 0.3 is 0 Å². The van der Waals surface area contributed by atoms with E-state index < -0.39 is 0 Å². The molecule has 0 aliphatic carbocycles. The molecule has 1 unspecified atom stereocenters. The molecule has 0 fully saturated rings. The second kappa shape index (κ2) is 1.95. The maximum atomic E-state index is 4.05. The van der Waals surface area contributed by atoms with Crippen molar-refractivity contribution in [3.63, 3.8) is 0 Å². The van der Waals surface area contributed by atoms with Crippen molar-refractivity contribution < 1.29 is 0 Å². The lowest BCUT2D eigenvalue weighted by Crippen LogP contribution is -1.81. The first-order valence-corrected chi connectivity index (χ1v) is 2.71. The van der Waals surface area contributed by atoms with E-state index >= 15 is 0 Å². The highest BCUT2D eigenvalue weighted by molar-refractivity contribution is 5.68. The van der Waals surface area contributed by atoms with E-state index in [9.17, 15) is 0 Å². The molecule has 8 heavy (non-hydrogen) atoms. The smallest absolute Gasteiger partial charge is 0.0586 e. The number of hydrogen-bond acceptors (Lipinski definition) is 1. The van der Waals surface area contributed by atoms with Gasteiger partial charge in [0.25, 0.3) is 0 Å². The van der Waals surface area contributed by atoms with E-state index in [0.29, 0.717) is 5.92 Å². The number of allylic oxidation sites excluding steroid dienone is 2. The molecule has 1 rings (SSSR count). The third kappa shape index (κ3) is 0.861. The summed E-state index contributed by atoms with van der Waals surface area (Å²) in [4.78, 5) is 4.05. The van der Waals surface area contributed by atoms with Gasteiger partial charge in [-0.3, -0.25) is 4.99 Å². The van der Waals surface area contributed by atoms with Crippen molar-refractivity contribution >= 4 is 6.21 Å². The van der Waals surface area contributed by atoms with Gasteiger partial charge in [0.1, 0.15) is 0 Å². The van der Waals surface area contributed by atoms with Crippen molar-refractivity contribution in [2.45, 2.75) is 6.92 Å². The average Bonchev–Trinajstić information content (AvgIpc) is 2.14. The Labute approximate surface area is 49.4 Å². The number of rotatable bonds is 1. The van der Waals surface area contributed by atoms with Crippen LogP contribution in [0.2, 0.25) is 0 Å². The number of aliphatic imine (C=N–C) groups is 1. The Morgan fingerprint density at radius 3 is 2.88 bits per heavy atom. The summed E-state index contributed by atoms with van der Waals surface area (Å²) in [6, 6.07) is 0. The number of hydrogen-bond donors (Lipinski definition) is 0. The van der Waals surface area contributed by atoms with Crippen molar-refractivity contribution in [1.29, 1.82) is 0 Å². The van der Waals surface area contributed by atoms with Gasteiger partial charge in [0, 0.05) is 12.1 Å². The van der Waals surface area contributed by atoms with Gasteiger partial charge in [0.2, 0.25) is 0 Å². The van der Waals surface area contributed by atoms with Crippen LogP contribution in [0.25, 0.3) is 0 Å². The summed E-state index contributed by atoms with van der Waals surface area (Å²) in [5.74, 6) is 0.503. The minimum atomic E-state index is 0.503. The summed E-state index contributed by atoms with van der Waals surface area (Å²) in [6.07, 6.45) is 5.75. The van der Waals surface area contributed by atoms with Crippen molar-refractivity contribution in [2.24, 2.45) is 10.9 Å². The molecule has 1 nitrogen and oxygen atoms in total. The second-order valence-electron chi connectivity index (χ2n) is 1.93. The molecule has 0 aromatic rings. The topological polar surface area (TPSA) is 12.4 Å². The standard InChI is InChI=1S/C7H9N/c1-3-7-4-6(2)5-8-7/h3-6H,1H2,2H3. The van der Waals surface area contributed by atoms with E-state index in [4.69, 9.17) is 0 Å². The summed E-state index contributed by atoms with van der Waals surface area (Å²) in [6.45, 7) is 5.69. The maximum absolute atomic E-state index is 4.05. The molecular formula is C7H9N. The minimum Gasteiger partial charge on any atom is -0.261 e. The Morgan fingerprint density at radius 1 is 1.88 bits per heavy atom. The van der Waals surface area contributed by atoms with Crippen LogP contribution in [-0.4, -0.2) is 6.21 Å². The highest BCUT2D eigenvalue weighted by atomic mass is 14.7. The molecule has 1 heteroatoms. The van der Waals surface area contributed by atoms with E-state index in [2.05, 4.69) is 24.6 Å². The molecule has 0 saturated heterocycles. The molecule has 0 bridgehead atoms. The molecule has 1 aliphatic heterocycles. The predicted octanol–water partition coefficient (Wildman–Crippen LogP) is 1.78. The molecule has 0 radical (unpaired) electrons. The quantitative estimate of drug-likeness (QED) is 0.484. The molecule has 42 valence electrons. The predicted molar refractivity (Wildman–Crippen MR) is 35.9 cm³/mol. The molecule has 0 spiro atoms. The first-order valence-electron chi connectivity index (χ1n) is 2.71. The Morgan fingerprint density at radius 2 is 2.62 bits per heavy atom. The zero-order valence-electron chi connectivity index (χ0n) is 4.96. The molecule has 0 N–H and O–H groups in total. The van der Waals surface area contributed by atoms with Gasteiger partial charge in [-0.25, -0.2) is 0 Å². The normalized spacial score (nSPS) is 25.6. The lowest BCUT2D eigenvalue weighted by molar-refractivity contribution is 1.05. The van der Waals surface area contributed by atoms with Crippen LogP contribution >= 0.6 is 0 Å². The van der Waals surface area contributed by atoms with Crippen molar-refractivity contribution in [1.82, 2.24) is 0 Å². The van der Waals surface area contributed by atoms with Crippen molar-refractivity contribution in [3.8, 4) is 0 Å². The molecule has 1 atom stereocenters. The van der Waals surface area contributed by atoms with Gasteiger partial charge in [-0.15, -0.1) is 0 Å². The summed E-state index contributed by atoms with van der Waals surface area (Å²) >= 11 is 0. The minimum absolute atomic E-state index is 0.503. The van der Waals surface area contributed by atoms with Crippen molar-refractivity contribution in [3.05, 3.63) is 24.4 Å². The molecule has 0 aromatic carbocycles. The van der Waals surface area contributed by atoms with Gasteiger partial charge in [0.05, 0.1) is 5.70 Å². The lowest BCUT2D eigenvalue weighted by Gasteiger charge is -1.83. The third-order valence-electron chi connectivity index (χ3n) is 1.10. The van der Waals surface area contributed by atoms with Crippen LogP contribution in [0.5, 0.6) is 0 Å². The molecule has 0 aromatic heterocycles. The van der Waals surface area contributed by atoms with Gasteiger partial charge in [-0.05, 0) is 6.08 Å². The van der Waals surface area contributed by atoms with Gasteiger partial charge in [-0.2, -0.15) is 0 Å². The molecule has 1 aliphatic rings. The Hall–Kier alpha value is -0.850. The van der Waals surface area contributed by atoms with Gasteiger partial charge in [0.15, 0.2) is 0 Å². The average molecular weight is 107 g/mol. The van der Waals surface area contributed by atoms with Crippen molar-refractivity contribution in [2.75, 3.05) is 0 Å².